The van der Waals surface area contributed by atoms with Crippen LogP contribution in [-0.4, -0.2) is 55.3 Å². The summed E-state index contributed by atoms with van der Waals surface area (Å²) < 4.78 is 16.5. The molecular weight excluding hydrogens is 460 g/mol. The van der Waals surface area contributed by atoms with Crippen LogP contribution in [0.15, 0.2) is 52.7 Å². The molecule has 3 aromatic rings. The summed E-state index contributed by atoms with van der Waals surface area (Å²) >= 11 is 2.78. The lowest BCUT2D eigenvalue weighted by Gasteiger charge is -2.11. The topological polar surface area (TPSA) is 78.0 Å². The summed E-state index contributed by atoms with van der Waals surface area (Å²) in [6.07, 6.45) is 0. The van der Waals surface area contributed by atoms with Gasteiger partial charge >= 0.3 is 5.97 Å². The predicted octanol–water partition coefficient (Wildman–Crippen LogP) is 4.75. The van der Waals surface area contributed by atoms with E-state index in [-0.39, 0.29) is 18.3 Å². The molecule has 1 amide bonds. The van der Waals surface area contributed by atoms with Crippen LogP contribution < -0.4 is 9.47 Å². The summed E-state index contributed by atoms with van der Waals surface area (Å²) in [4.78, 5) is 31.4. The van der Waals surface area contributed by atoms with Crippen molar-refractivity contribution in [3.05, 3.63) is 59.1 Å². The number of nitrogens with zero attached hydrogens (tertiary/aromatic N) is 2. The highest BCUT2D eigenvalue weighted by molar-refractivity contribution is 8.00. The molecule has 0 atom stereocenters. The third-order valence-electron chi connectivity index (χ3n) is 4.57. The molecule has 0 fully saturated rings. The summed E-state index contributed by atoms with van der Waals surface area (Å²) in [6, 6.07) is 12.8. The van der Waals surface area contributed by atoms with Gasteiger partial charge in [0.05, 0.1) is 30.7 Å². The standard InChI is InChI=1S/C24H26N2O5S2/c1-5-30-19-11-10-16(12-20(19)29-4)23-25-17(14-33-23)13-31-24(28)18-8-6-7-9-21(18)32-15-22(27)26(2)3/h6-12,14H,5,13,15H2,1-4H3. The molecule has 0 radical (unpaired) electrons. The second kappa shape index (κ2) is 11.7. The van der Waals surface area contributed by atoms with Crippen LogP contribution in [0.3, 0.4) is 0 Å². The average Bonchev–Trinajstić information content (AvgIpc) is 3.30. The van der Waals surface area contributed by atoms with E-state index in [1.165, 1.54) is 28.0 Å². The fourth-order valence-electron chi connectivity index (χ4n) is 2.83. The first kappa shape index (κ1) is 24.6. The number of ether oxygens (including phenoxy) is 3. The maximum Gasteiger partial charge on any atom is 0.339 e. The second-order valence-corrected chi connectivity index (χ2v) is 8.97. The molecule has 0 spiro atoms. The number of esters is 1. The lowest BCUT2D eigenvalue weighted by atomic mass is 10.2. The lowest BCUT2D eigenvalue weighted by molar-refractivity contribution is -0.125. The number of amides is 1. The third-order valence-corrected chi connectivity index (χ3v) is 6.57. The molecule has 0 saturated heterocycles. The van der Waals surface area contributed by atoms with Crippen molar-refractivity contribution in [3.8, 4) is 22.1 Å². The number of methoxy groups -OCH3 is 1. The highest BCUT2D eigenvalue weighted by Crippen LogP contribution is 2.34. The molecule has 0 aliphatic heterocycles. The molecule has 0 saturated carbocycles. The van der Waals surface area contributed by atoms with Crippen molar-refractivity contribution in [2.24, 2.45) is 0 Å². The van der Waals surface area contributed by atoms with Gasteiger partial charge < -0.3 is 19.1 Å². The van der Waals surface area contributed by atoms with Gasteiger partial charge in [-0.05, 0) is 37.3 Å². The Morgan fingerprint density at radius 2 is 1.91 bits per heavy atom. The van der Waals surface area contributed by atoms with Crippen LogP contribution in [0.4, 0.5) is 0 Å². The summed E-state index contributed by atoms with van der Waals surface area (Å²) in [5, 5.41) is 2.66. The maximum absolute atomic E-state index is 12.7. The number of thioether (sulfide) groups is 1. The molecule has 7 nitrogen and oxygen atoms in total. The Balaban J connectivity index is 1.65. The van der Waals surface area contributed by atoms with Gasteiger partial charge in [-0.2, -0.15) is 0 Å². The summed E-state index contributed by atoms with van der Waals surface area (Å²) in [5.41, 5.74) is 1.98. The van der Waals surface area contributed by atoms with E-state index < -0.39 is 5.97 Å². The highest BCUT2D eigenvalue weighted by Gasteiger charge is 2.16. The van der Waals surface area contributed by atoms with Crippen LogP contribution in [0.5, 0.6) is 11.5 Å². The van der Waals surface area contributed by atoms with Crippen LogP contribution in [0.25, 0.3) is 10.6 Å². The molecule has 0 N–H and O–H groups in total. The Morgan fingerprint density at radius 3 is 2.64 bits per heavy atom. The molecule has 0 aliphatic rings. The van der Waals surface area contributed by atoms with Crippen molar-refractivity contribution >= 4 is 35.0 Å². The molecule has 0 unspecified atom stereocenters. The predicted molar refractivity (Wildman–Crippen MR) is 130 cm³/mol. The zero-order valence-corrected chi connectivity index (χ0v) is 20.6. The Kier molecular flexibility index (Phi) is 8.73. The van der Waals surface area contributed by atoms with Crippen LogP contribution >= 0.6 is 23.1 Å². The van der Waals surface area contributed by atoms with Crippen molar-refractivity contribution in [2.45, 2.75) is 18.4 Å². The summed E-state index contributed by atoms with van der Waals surface area (Å²) in [6.45, 7) is 2.53. The number of aromatic nitrogens is 1. The monoisotopic (exact) mass is 486 g/mol. The maximum atomic E-state index is 12.7. The van der Waals surface area contributed by atoms with Crippen molar-refractivity contribution in [1.29, 1.82) is 0 Å². The molecule has 2 aromatic carbocycles. The van der Waals surface area contributed by atoms with Crippen molar-refractivity contribution in [2.75, 3.05) is 33.6 Å². The van der Waals surface area contributed by atoms with E-state index >= 15 is 0 Å². The van der Waals surface area contributed by atoms with Crippen molar-refractivity contribution < 1.29 is 23.8 Å². The zero-order valence-electron chi connectivity index (χ0n) is 19.0. The minimum absolute atomic E-state index is 0.0240. The lowest BCUT2D eigenvalue weighted by Crippen LogP contribution is -2.23. The van der Waals surface area contributed by atoms with Gasteiger partial charge in [-0.15, -0.1) is 23.1 Å². The molecule has 33 heavy (non-hydrogen) atoms. The SMILES string of the molecule is CCOc1ccc(-c2nc(COC(=O)c3ccccc3SCC(=O)N(C)C)cs2)cc1OC. The van der Waals surface area contributed by atoms with Gasteiger partial charge in [0.25, 0.3) is 0 Å². The largest absolute Gasteiger partial charge is 0.493 e. The average molecular weight is 487 g/mol. The minimum Gasteiger partial charge on any atom is -0.493 e. The van der Waals surface area contributed by atoms with Crippen LogP contribution in [0.2, 0.25) is 0 Å². The fraction of sp³-hybridized carbons (Fsp3) is 0.292. The summed E-state index contributed by atoms with van der Waals surface area (Å²) in [7, 11) is 5.00. The Bertz CT molecular complexity index is 1110. The van der Waals surface area contributed by atoms with E-state index in [1.807, 2.05) is 42.6 Å². The number of hydrogen-bond donors (Lipinski definition) is 0. The van der Waals surface area contributed by atoms with Crippen molar-refractivity contribution in [3.63, 3.8) is 0 Å². The number of thiazole rings is 1. The first-order valence-electron chi connectivity index (χ1n) is 10.3. The van der Waals surface area contributed by atoms with Gasteiger partial charge in [-0.3, -0.25) is 4.79 Å². The van der Waals surface area contributed by atoms with Gasteiger partial charge in [-0.25, -0.2) is 9.78 Å². The van der Waals surface area contributed by atoms with Crippen LogP contribution in [-0.2, 0) is 16.1 Å². The Hall–Kier alpha value is -3.04. The van der Waals surface area contributed by atoms with Crippen molar-refractivity contribution in [1.82, 2.24) is 9.88 Å². The van der Waals surface area contributed by atoms with E-state index in [1.54, 1.807) is 33.3 Å². The molecule has 1 aromatic heterocycles. The first-order valence-corrected chi connectivity index (χ1v) is 12.1. The number of rotatable bonds is 10. The number of hydrogen-bond acceptors (Lipinski definition) is 8. The zero-order chi connectivity index (χ0) is 23.8. The van der Waals surface area contributed by atoms with E-state index in [4.69, 9.17) is 14.2 Å². The normalized spacial score (nSPS) is 10.5. The molecule has 0 bridgehead atoms. The Labute approximate surface area is 201 Å². The number of carbonyl (C=O) groups excluding carboxylic acids is 2. The first-order chi connectivity index (χ1) is 15.9. The van der Waals surface area contributed by atoms with Gasteiger partial charge in [0, 0.05) is 29.9 Å². The fourth-order valence-corrected chi connectivity index (χ4v) is 4.65. The molecule has 0 aliphatic carbocycles. The Morgan fingerprint density at radius 1 is 1.12 bits per heavy atom. The third kappa shape index (κ3) is 6.49. The number of carbonyl (C=O) groups is 2. The number of benzene rings is 2. The van der Waals surface area contributed by atoms with Gasteiger partial charge in [0.2, 0.25) is 5.91 Å². The van der Waals surface area contributed by atoms with E-state index in [9.17, 15) is 9.59 Å². The molecular formula is C24H26N2O5S2. The van der Waals surface area contributed by atoms with E-state index in [2.05, 4.69) is 4.98 Å². The second-order valence-electron chi connectivity index (χ2n) is 7.09. The smallest absolute Gasteiger partial charge is 0.339 e. The molecule has 9 heteroatoms. The molecule has 1 heterocycles. The van der Waals surface area contributed by atoms with Crippen LogP contribution in [0.1, 0.15) is 23.0 Å². The molecule has 174 valence electrons. The summed E-state index contributed by atoms with van der Waals surface area (Å²) in [5.74, 6) is 1.09. The van der Waals surface area contributed by atoms with Gasteiger partial charge in [0.1, 0.15) is 11.6 Å². The van der Waals surface area contributed by atoms with Gasteiger partial charge in [-0.1, -0.05) is 12.1 Å². The van der Waals surface area contributed by atoms with Crippen LogP contribution in [0, 0.1) is 0 Å². The minimum atomic E-state index is -0.451. The van der Waals surface area contributed by atoms with Gasteiger partial charge in [0.15, 0.2) is 11.5 Å². The van der Waals surface area contributed by atoms with E-state index in [0.717, 1.165) is 10.6 Å². The highest BCUT2D eigenvalue weighted by atomic mass is 32.2. The molecule has 3 rings (SSSR count). The van der Waals surface area contributed by atoms with E-state index in [0.29, 0.717) is 34.3 Å². The quantitative estimate of drug-likeness (QED) is 0.302.